The van der Waals surface area contributed by atoms with Crippen molar-refractivity contribution in [2.45, 2.75) is 19.4 Å². The summed E-state index contributed by atoms with van der Waals surface area (Å²) in [5.41, 5.74) is 1.17. The number of nitrogens with zero attached hydrogens (tertiary/aromatic N) is 2. The number of rotatable bonds is 7. The van der Waals surface area contributed by atoms with E-state index >= 15 is 0 Å². The number of carbonyl (C=O) groups is 1. The summed E-state index contributed by atoms with van der Waals surface area (Å²) in [6.07, 6.45) is 0.517. The quantitative estimate of drug-likeness (QED) is 0.778. The zero-order chi connectivity index (χ0) is 16.7. The van der Waals surface area contributed by atoms with Gasteiger partial charge in [-0.15, -0.1) is 0 Å². The summed E-state index contributed by atoms with van der Waals surface area (Å²) in [5.74, 6) is 0.0722. The lowest BCUT2D eigenvalue weighted by Gasteiger charge is -2.34. The summed E-state index contributed by atoms with van der Waals surface area (Å²) in [5, 5.41) is 13.1. The Labute approximate surface area is 143 Å². The van der Waals surface area contributed by atoms with E-state index in [1.807, 2.05) is 24.3 Å². The number of aliphatic hydroxyl groups is 1. The van der Waals surface area contributed by atoms with Crippen LogP contribution in [0.2, 0.25) is 5.02 Å². The summed E-state index contributed by atoms with van der Waals surface area (Å²) in [7, 11) is 0. The van der Waals surface area contributed by atoms with E-state index < -0.39 is 0 Å². The first-order valence-electron chi connectivity index (χ1n) is 8.17. The molecule has 2 N–H and O–H groups in total. The SMILES string of the molecule is CC(O)CN1CCN(CC(=O)NCCc2ccc(Cl)cc2)CC1. The van der Waals surface area contributed by atoms with E-state index in [0.29, 0.717) is 19.6 Å². The van der Waals surface area contributed by atoms with Gasteiger partial charge in [0.2, 0.25) is 5.91 Å². The molecule has 1 fully saturated rings. The maximum atomic E-state index is 12.0. The minimum atomic E-state index is -0.294. The molecule has 1 amide bonds. The molecule has 1 heterocycles. The van der Waals surface area contributed by atoms with E-state index in [9.17, 15) is 9.90 Å². The average molecular weight is 340 g/mol. The number of nitrogens with one attached hydrogen (secondary N) is 1. The molecule has 1 aromatic rings. The fourth-order valence-corrected chi connectivity index (χ4v) is 2.89. The third-order valence-electron chi connectivity index (χ3n) is 4.00. The van der Waals surface area contributed by atoms with Crippen molar-refractivity contribution in [2.75, 3.05) is 45.8 Å². The number of hydrogen-bond donors (Lipinski definition) is 2. The molecule has 0 bridgehead atoms. The molecular weight excluding hydrogens is 314 g/mol. The van der Waals surface area contributed by atoms with Gasteiger partial charge in [-0.05, 0) is 31.0 Å². The van der Waals surface area contributed by atoms with Crippen LogP contribution >= 0.6 is 11.6 Å². The van der Waals surface area contributed by atoms with Crippen LogP contribution in [0.5, 0.6) is 0 Å². The van der Waals surface area contributed by atoms with E-state index in [0.717, 1.165) is 37.6 Å². The van der Waals surface area contributed by atoms with E-state index in [2.05, 4.69) is 15.1 Å². The van der Waals surface area contributed by atoms with Gasteiger partial charge in [0, 0.05) is 44.3 Å². The van der Waals surface area contributed by atoms with Crippen LogP contribution in [-0.4, -0.2) is 72.7 Å². The lowest BCUT2D eigenvalue weighted by molar-refractivity contribution is -0.122. The molecule has 5 nitrogen and oxygen atoms in total. The molecular formula is C17H26ClN3O2. The van der Waals surface area contributed by atoms with Gasteiger partial charge in [-0.25, -0.2) is 0 Å². The maximum Gasteiger partial charge on any atom is 0.234 e. The monoisotopic (exact) mass is 339 g/mol. The summed E-state index contributed by atoms with van der Waals surface area (Å²) in [6, 6.07) is 7.70. The highest BCUT2D eigenvalue weighted by molar-refractivity contribution is 6.30. The summed E-state index contributed by atoms with van der Waals surface area (Å²) in [4.78, 5) is 16.4. The number of piperazine rings is 1. The van der Waals surface area contributed by atoms with Gasteiger partial charge in [0.15, 0.2) is 0 Å². The van der Waals surface area contributed by atoms with Crippen molar-refractivity contribution in [3.8, 4) is 0 Å². The Morgan fingerprint density at radius 2 is 1.83 bits per heavy atom. The smallest absolute Gasteiger partial charge is 0.234 e. The number of hydrogen-bond acceptors (Lipinski definition) is 4. The topological polar surface area (TPSA) is 55.8 Å². The number of benzene rings is 1. The fraction of sp³-hybridized carbons (Fsp3) is 0.588. The molecule has 6 heteroatoms. The van der Waals surface area contributed by atoms with Crippen molar-refractivity contribution >= 4 is 17.5 Å². The Balaban J connectivity index is 1.61. The van der Waals surface area contributed by atoms with Crippen LogP contribution in [0.4, 0.5) is 0 Å². The second kappa shape index (κ2) is 9.23. The number of amides is 1. The standard InChI is InChI=1S/C17H26ClN3O2/c1-14(22)12-20-8-10-21(11-9-20)13-17(23)19-7-6-15-2-4-16(18)5-3-15/h2-5,14,22H,6-13H2,1H3,(H,19,23). The molecule has 0 aromatic heterocycles. The number of halogens is 1. The van der Waals surface area contributed by atoms with Gasteiger partial charge in [-0.1, -0.05) is 23.7 Å². The minimum Gasteiger partial charge on any atom is -0.392 e. The van der Waals surface area contributed by atoms with Crippen molar-refractivity contribution < 1.29 is 9.90 Å². The van der Waals surface area contributed by atoms with Crippen LogP contribution in [-0.2, 0) is 11.2 Å². The average Bonchev–Trinajstić information content (AvgIpc) is 2.51. The molecule has 128 valence electrons. The number of carbonyl (C=O) groups excluding carboxylic acids is 1. The van der Waals surface area contributed by atoms with Gasteiger partial charge in [-0.2, -0.15) is 0 Å². The van der Waals surface area contributed by atoms with E-state index in [1.54, 1.807) is 6.92 Å². The van der Waals surface area contributed by atoms with Crippen LogP contribution in [0.1, 0.15) is 12.5 Å². The van der Waals surface area contributed by atoms with Crippen molar-refractivity contribution in [1.82, 2.24) is 15.1 Å². The molecule has 2 rings (SSSR count). The lowest BCUT2D eigenvalue weighted by Crippen LogP contribution is -2.50. The molecule has 0 saturated carbocycles. The zero-order valence-electron chi connectivity index (χ0n) is 13.7. The van der Waals surface area contributed by atoms with Crippen molar-refractivity contribution in [2.24, 2.45) is 0 Å². The second-order valence-corrected chi connectivity index (χ2v) is 6.59. The molecule has 1 unspecified atom stereocenters. The molecule has 1 aliphatic heterocycles. The highest BCUT2D eigenvalue weighted by Crippen LogP contribution is 2.09. The highest BCUT2D eigenvalue weighted by atomic mass is 35.5. The Bertz CT molecular complexity index is 485. The van der Waals surface area contributed by atoms with Gasteiger partial charge < -0.3 is 10.4 Å². The predicted molar refractivity (Wildman–Crippen MR) is 92.7 cm³/mol. The molecule has 1 atom stereocenters. The lowest BCUT2D eigenvalue weighted by atomic mass is 10.1. The minimum absolute atomic E-state index is 0.0722. The summed E-state index contributed by atoms with van der Waals surface area (Å²) >= 11 is 5.85. The molecule has 23 heavy (non-hydrogen) atoms. The van der Waals surface area contributed by atoms with E-state index in [1.165, 1.54) is 5.56 Å². The third-order valence-corrected chi connectivity index (χ3v) is 4.26. The first-order chi connectivity index (χ1) is 11.0. The zero-order valence-corrected chi connectivity index (χ0v) is 14.4. The van der Waals surface area contributed by atoms with Crippen LogP contribution in [0.15, 0.2) is 24.3 Å². The first-order valence-corrected chi connectivity index (χ1v) is 8.54. The Morgan fingerprint density at radius 3 is 2.43 bits per heavy atom. The molecule has 1 aliphatic rings. The van der Waals surface area contributed by atoms with Gasteiger partial charge in [0.1, 0.15) is 0 Å². The predicted octanol–water partition coefficient (Wildman–Crippen LogP) is 0.997. The Kier molecular flexibility index (Phi) is 7.30. The molecule has 0 spiro atoms. The molecule has 0 radical (unpaired) electrons. The normalized spacial score (nSPS) is 17.9. The molecule has 1 saturated heterocycles. The number of aliphatic hydroxyl groups excluding tert-OH is 1. The first kappa shape index (κ1) is 18.2. The van der Waals surface area contributed by atoms with Gasteiger partial charge in [0.05, 0.1) is 12.6 Å². The van der Waals surface area contributed by atoms with Crippen LogP contribution in [0.3, 0.4) is 0 Å². The van der Waals surface area contributed by atoms with Crippen molar-refractivity contribution in [3.63, 3.8) is 0 Å². The van der Waals surface area contributed by atoms with E-state index in [-0.39, 0.29) is 12.0 Å². The summed E-state index contributed by atoms with van der Waals surface area (Å²) < 4.78 is 0. The largest absolute Gasteiger partial charge is 0.392 e. The van der Waals surface area contributed by atoms with Crippen LogP contribution < -0.4 is 5.32 Å². The van der Waals surface area contributed by atoms with Gasteiger partial charge >= 0.3 is 0 Å². The molecule has 0 aliphatic carbocycles. The van der Waals surface area contributed by atoms with Crippen LogP contribution in [0, 0.1) is 0 Å². The van der Waals surface area contributed by atoms with Crippen molar-refractivity contribution in [1.29, 1.82) is 0 Å². The highest BCUT2D eigenvalue weighted by Gasteiger charge is 2.19. The van der Waals surface area contributed by atoms with E-state index in [4.69, 9.17) is 11.6 Å². The van der Waals surface area contributed by atoms with Crippen molar-refractivity contribution in [3.05, 3.63) is 34.9 Å². The second-order valence-electron chi connectivity index (χ2n) is 6.15. The Morgan fingerprint density at radius 1 is 1.22 bits per heavy atom. The summed E-state index contributed by atoms with van der Waals surface area (Å²) in [6.45, 7) is 7.16. The Hall–Kier alpha value is -1.14. The fourth-order valence-electron chi connectivity index (χ4n) is 2.76. The number of β-amino-alcohol motifs (C(OH)–C–C–N with tert-alkyl or cyclic N) is 1. The third kappa shape index (κ3) is 6.87. The molecule has 1 aromatic carbocycles. The maximum absolute atomic E-state index is 12.0. The van der Waals surface area contributed by atoms with Gasteiger partial charge in [0.25, 0.3) is 0 Å². The van der Waals surface area contributed by atoms with Crippen LogP contribution in [0.25, 0.3) is 0 Å². The van der Waals surface area contributed by atoms with Gasteiger partial charge in [-0.3, -0.25) is 14.6 Å².